The van der Waals surface area contributed by atoms with Gasteiger partial charge in [0.1, 0.15) is 0 Å². The van der Waals surface area contributed by atoms with Gasteiger partial charge in [-0.2, -0.15) is 5.11 Å². The first-order valence-electron chi connectivity index (χ1n) is 3.28. The van der Waals surface area contributed by atoms with Crippen LogP contribution in [0.1, 0.15) is 19.3 Å². The molecule has 5 nitrogen and oxygen atoms in total. The maximum absolute atomic E-state index is 3.72. The molecule has 1 heterocycles. The maximum Gasteiger partial charge on any atom is 0.0621 e. The van der Waals surface area contributed by atoms with E-state index in [1.165, 1.54) is 0 Å². The summed E-state index contributed by atoms with van der Waals surface area (Å²) in [6.45, 7) is 0.743. The molecule has 5 heteroatoms. The van der Waals surface area contributed by atoms with Gasteiger partial charge in [-0.05, 0) is 34.9 Å². The maximum atomic E-state index is 3.72. The van der Waals surface area contributed by atoms with Crippen LogP contribution in [-0.2, 0) is 0 Å². The summed E-state index contributed by atoms with van der Waals surface area (Å²) in [5.41, 5.74) is 0. The van der Waals surface area contributed by atoms with Crippen LogP contribution >= 0.6 is 0 Å². The van der Waals surface area contributed by atoms with E-state index in [2.05, 4.69) is 25.9 Å². The lowest BCUT2D eigenvalue weighted by Crippen LogP contribution is -1.82. The van der Waals surface area contributed by atoms with Crippen molar-refractivity contribution in [3.8, 4) is 0 Å². The summed E-state index contributed by atoms with van der Waals surface area (Å²) in [5.74, 6) is 0. The van der Waals surface area contributed by atoms with Gasteiger partial charge in [0.15, 0.2) is 0 Å². The highest BCUT2D eigenvalue weighted by molar-refractivity contribution is 5.56. The van der Waals surface area contributed by atoms with E-state index in [0.717, 1.165) is 25.8 Å². The van der Waals surface area contributed by atoms with Gasteiger partial charge in [0, 0.05) is 6.21 Å². The lowest BCUT2D eigenvalue weighted by molar-refractivity contribution is 0.720. The minimum atomic E-state index is 0.743. The van der Waals surface area contributed by atoms with E-state index in [9.17, 15) is 0 Å². The van der Waals surface area contributed by atoms with Crippen molar-refractivity contribution in [2.45, 2.75) is 19.3 Å². The molecular weight excluding hydrogens is 130 g/mol. The molecule has 0 fully saturated rings. The molecule has 1 aliphatic heterocycles. The van der Waals surface area contributed by atoms with Gasteiger partial charge < -0.3 is 0 Å². The number of rotatable bonds is 0. The van der Waals surface area contributed by atoms with E-state index >= 15 is 0 Å². The Morgan fingerprint density at radius 3 is 3.00 bits per heavy atom. The van der Waals surface area contributed by atoms with Crippen molar-refractivity contribution in [3.63, 3.8) is 0 Å². The average Bonchev–Trinajstić information content (AvgIpc) is 2.01. The summed E-state index contributed by atoms with van der Waals surface area (Å²) >= 11 is 0. The Morgan fingerprint density at radius 1 is 1.00 bits per heavy atom. The topological polar surface area (TPSA) is 61.8 Å². The van der Waals surface area contributed by atoms with Gasteiger partial charge >= 0.3 is 0 Å². The first-order chi connectivity index (χ1) is 5.00. The largest absolute Gasteiger partial charge is 0.167 e. The lowest BCUT2D eigenvalue weighted by atomic mass is 10.2. The highest BCUT2D eigenvalue weighted by Crippen LogP contribution is 1.96. The lowest BCUT2D eigenvalue weighted by Gasteiger charge is -1.90. The molecule has 0 saturated heterocycles. The van der Waals surface area contributed by atoms with Crippen molar-refractivity contribution >= 4 is 6.21 Å². The van der Waals surface area contributed by atoms with Crippen molar-refractivity contribution in [3.05, 3.63) is 0 Å². The fourth-order valence-electron chi connectivity index (χ4n) is 0.626. The zero-order valence-corrected chi connectivity index (χ0v) is 5.64. The third kappa shape index (κ3) is 3.01. The Kier molecular flexibility index (Phi) is 3.30. The zero-order valence-electron chi connectivity index (χ0n) is 5.64. The van der Waals surface area contributed by atoms with E-state index in [4.69, 9.17) is 0 Å². The van der Waals surface area contributed by atoms with Crippen LogP contribution in [0.25, 0.3) is 0 Å². The summed E-state index contributed by atoms with van der Waals surface area (Å²) in [6, 6.07) is 0. The van der Waals surface area contributed by atoms with E-state index in [-0.39, 0.29) is 0 Å². The monoisotopic (exact) mass is 139 g/mol. The Labute approximate surface area is 58.9 Å². The number of nitrogens with zero attached hydrogens (tertiary/aromatic N) is 5. The molecule has 0 aromatic carbocycles. The van der Waals surface area contributed by atoms with Crippen molar-refractivity contribution in [1.29, 1.82) is 0 Å². The van der Waals surface area contributed by atoms with Crippen LogP contribution in [0.5, 0.6) is 0 Å². The Bertz CT molecular complexity index is 141. The minimum absolute atomic E-state index is 0.743. The predicted octanol–water partition coefficient (Wildman–Crippen LogP) is 1.98. The predicted molar refractivity (Wildman–Crippen MR) is 36.9 cm³/mol. The third-order valence-electron chi connectivity index (χ3n) is 1.12. The Balaban J connectivity index is 2.40. The molecule has 0 aliphatic carbocycles. The number of hydrogen-bond acceptors (Lipinski definition) is 5. The van der Waals surface area contributed by atoms with Crippen LogP contribution in [0.15, 0.2) is 25.9 Å². The molecule has 0 N–H and O–H groups in total. The molecule has 0 spiro atoms. The molecule has 54 valence electrons. The number of hydrogen-bond donors (Lipinski definition) is 0. The summed E-state index contributed by atoms with van der Waals surface area (Å²) in [4.78, 5) is 0. The normalized spacial score (nSPS) is 19.2. The molecule has 0 saturated carbocycles. The van der Waals surface area contributed by atoms with Gasteiger partial charge in [0.2, 0.25) is 0 Å². The molecular formula is C5H9N5. The van der Waals surface area contributed by atoms with E-state index < -0.39 is 0 Å². The van der Waals surface area contributed by atoms with Gasteiger partial charge in [0.25, 0.3) is 0 Å². The van der Waals surface area contributed by atoms with Gasteiger partial charge in [0.05, 0.1) is 6.54 Å². The quantitative estimate of drug-likeness (QED) is 0.492. The molecule has 0 aromatic heterocycles. The zero-order chi connectivity index (χ0) is 7.07. The summed E-state index contributed by atoms with van der Waals surface area (Å²) in [7, 11) is 0. The second kappa shape index (κ2) is 4.72. The van der Waals surface area contributed by atoms with Gasteiger partial charge in [-0.25, -0.2) is 0 Å². The molecule has 0 bridgehead atoms. The highest BCUT2D eigenvalue weighted by Gasteiger charge is 1.85. The van der Waals surface area contributed by atoms with Crippen LogP contribution in [0.4, 0.5) is 0 Å². The van der Waals surface area contributed by atoms with Gasteiger partial charge in [-0.15, -0.1) is 5.10 Å². The van der Waals surface area contributed by atoms with Crippen molar-refractivity contribution in [1.82, 2.24) is 0 Å². The fourth-order valence-corrected chi connectivity index (χ4v) is 0.626. The summed E-state index contributed by atoms with van der Waals surface area (Å²) in [5, 5.41) is 17.4. The molecule has 0 unspecified atom stereocenters. The van der Waals surface area contributed by atoms with Gasteiger partial charge in [-0.1, -0.05) is 0 Å². The Hall–Kier alpha value is -1.13. The van der Waals surface area contributed by atoms with E-state index in [1.54, 1.807) is 6.21 Å². The van der Waals surface area contributed by atoms with Crippen LogP contribution in [-0.4, -0.2) is 12.8 Å². The second-order valence-electron chi connectivity index (χ2n) is 1.93. The summed E-state index contributed by atoms with van der Waals surface area (Å²) in [6.07, 6.45) is 4.84. The summed E-state index contributed by atoms with van der Waals surface area (Å²) < 4.78 is 0. The second-order valence-corrected chi connectivity index (χ2v) is 1.93. The Morgan fingerprint density at radius 2 is 2.00 bits per heavy atom. The molecule has 0 aromatic rings. The molecule has 0 amide bonds. The fraction of sp³-hybridized carbons (Fsp3) is 0.800. The first-order valence-corrected chi connectivity index (χ1v) is 3.28. The van der Waals surface area contributed by atoms with E-state index in [0.29, 0.717) is 0 Å². The molecule has 1 aliphatic rings. The van der Waals surface area contributed by atoms with Crippen molar-refractivity contribution in [2.75, 3.05) is 6.54 Å². The van der Waals surface area contributed by atoms with Crippen molar-refractivity contribution < 1.29 is 0 Å². The van der Waals surface area contributed by atoms with Crippen LogP contribution in [0, 0.1) is 0 Å². The smallest absolute Gasteiger partial charge is 0.0621 e. The first kappa shape index (κ1) is 6.98. The molecule has 0 atom stereocenters. The standard InChI is InChI=1S/C5H9N5/c1-2-4-6-8-10-9-7-5-3-1/h4H,1-3,5H2. The van der Waals surface area contributed by atoms with E-state index in [1.807, 2.05) is 0 Å². The molecule has 10 heavy (non-hydrogen) atoms. The van der Waals surface area contributed by atoms with Crippen LogP contribution in [0.3, 0.4) is 0 Å². The average molecular weight is 139 g/mol. The molecule has 0 radical (unpaired) electrons. The SMILES string of the molecule is C1=NN=NN=NCCCC1. The highest BCUT2D eigenvalue weighted by atomic mass is 15.5. The van der Waals surface area contributed by atoms with Gasteiger partial charge in [-0.3, -0.25) is 0 Å². The van der Waals surface area contributed by atoms with Crippen molar-refractivity contribution in [2.24, 2.45) is 25.9 Å². The molecule has 1 rings (SSSR count). The minimum Gasteiger partial charge on any atom is -0.167 e. The third-order valence-corrected chi connectivity index (χ3v) is 1.12. The van der Waals surface area contributed by atoms with Crippen LogP contribution < -0.4 is 0 Å². The van der Waals surface area contributed by atoms with Crippen LogP contribution in [0.2, 0.25) is 0 Å².